The van der Waals surface area contributed by atoms with Gasteiger partial charge in [-0.25, -0.2) is 0 Å². The van der Waals surface area contributed by atoms with Crippen LogP contribution in [0.5, 0.6) is 5.75 Å². The van der Waals surface area contributed by atoms with Crippen LogP contribution in [0.25, 0.3) is 0 Å². The van der Waals surface area contributed by atoms with Gasteiger partial charge in [-0.1, -0.05) is 0 Å². The van der Waals surface area contributed by atoms with E-state index in [2.05, 4.69) is 5.32 Å². The zero-order valence-corrected chi connectivity index (χ0v) is 7.72. The van der Waals surface area contributed by atoms with Crippen LogP contribution in [-0.2, 0) is 11.0 Å². The Bertz CT molecular complexity index is 387. The summed E-state index contributed by atoms with van der Waals surface area (Å²) in [6.45, 7) is 1.19. The van der Waals surface area contributed by atoms with Crippen LogP contribution in [0.2, 0.25) is 0 Å². The van der Waals surface area contributed by atoms with Crippen molar-refractivity contribution in [3.05, 3.63) is 23.8 Å². The van der Waals surface area contributed by atoms with Gasteiger partial charge in [-0.2, -0.15) is 13.2 Å². The number of phenols is 1. The van der Waals surface area contributed by atoms with E-state index in [0.717, 1.165) is 12.1 Å². The topological polar surface area (TPSA) is 49.3 Å². The molecule has 0 saturated heterocycles. The lowest BCUT2D eigenvalue weighted by Crippen LogP contribution is -2.08. The molecule has 82 valence electrons. The minimum absolute atomic E-state index is 0.0458. The fourth-order valence-electron chi connectivity index (χ4n) is 1.00. The van der Waals surface area contributed by atoms with Crippen LogP contribution >= 0.6 is 0 Å². The molecule has 0 heterocycles. The lowest BCUT2D eigenvalue weighted by molar-refractivity contribution is -0.137. The maximum atomic E-state index is 12.2. The van der Waals surface area contributed by atoms with Gasteiger partial charge in [-0.05, 0) is 18.2 Å². The summed E-state index contributed by atoms with van der Waals surface area (Å²) in [5.74, 6) is -1.08. The highest BCUT2D eigenvalue weighted by Gasteiger charge is 2.31. The molecule has 2 N–H and O–H groups in total. The molecule has 0 aliphatic heterocycles. The molecule has 1 aromatic carbocycles. The Hall–Kier alpha value is -1.72. The number of anilines is 1. The Morgan fingerprint density at radius 3 is 2.40 bits per heavy atom. The Kier molecular flexibility index (Phi) is 2.88. The van der Waals surface area contributed by atoms with E-state index < -0.39 is 23.4 Å². The van der Waals surface area contributed by atoms with E-state index in [-0.39, 0.29) is 5.69 Å². The molecule has 1 amide bonds. The summed E-state index contributed by atoms with van der Waals surface area (Å²) in [5, 5.41) is 11.4. The molecule has 15 heavy (non-hydrogen) atoms. The van der Waals surface area contributed by atoms with Crippen LogP contribution < -0.4 is 5.32 Å². The van der Waals surface area contributed by atoms with Crippen LogP contribution in [0.4, 0.5) is 18.9 Å². The molecule has 0 aliphatic rings. The Balaban J connectivity index is 3.03. The van der Waals surface area contributed by atoms with Crippen LogP contribution in [0.15, 0.2) is 18.2 Å². The standard InChI is InChI=1S/C9H8F3NO2/c1-5(14)13-7-3-2-6(4-8(7)15)9(10,11)12/h2-4,15H,1H3,(H,13,14). The third kappa shape index (κ3) is 2.87. The predicted molar refractivity (Wildman–Crippen MR) is 47.4 cm³/mol. The van der Waals surface area contributed by atoms with E-state index in [1.165, 1.54) is 6.92 Å². The van der Waals surface area contributed by atoms with Gasteiger partial charge in [0.2, 0.25) is 5.91 Å². The number of phenolic OH excluding ortho intramolecular Hbond substituents is 1. The smallest absolute Gasteiger partial charge is 0.416 e. The number of nitrogens with one attached hydrogen (secondary N) is 1. The van der Waals surface area contributed by atoms with Crippen molar-refractivity contribution in [3.8, 4) is 5.75 Å². The average molecular weight is 219 g/mol. The summed E-state index contributed by atoms with van der Waals surface area (Å²) < 4.78 is 36.5. The lowest BCUT2D eigenvalue weighted by atomic mass is 10.2. The molecule has 6 heteroatoms. The van der Waals surface area contributed by atoms with Crippen molar-refractivity contribution < 1.29 is 23.1 Å². The summed E-state index contributed by atoms with van der Waals surface area (Å²) in [4.78, 5) is 10.6. The Morgan fingerprint density at radius 1 is 1.40 bits per heavy atom. The zero-order chi connectivity index (χ0) is 11.6. The van der Waals surface area contributed by atoms with Crippen LogP contribution in [-0.4, -0.2) is 11.0 Å². The number of carbonyl (C=O) groups is 1. The molecule has 0 aromatic heterocycles. The number of carbonyl (C=O) groups excluding carboxylic acids is 1. The second kappa shape index (κ2) is 3.80. The number of hydrogen-bond acceptors (Lipinski definition) is 2. The maximum absolute atomic E-state index is 12.2. The van der Waals surface area contributed by atoms with E-state index in [1.807, 2.05) is 0 Å². The molecule has 0 bridgehead atoms. The largest absolute Gasteiger partial charge is 0.506 e. The van der Waals surface area contributed by atoms with E-state index in [9.17, 15) is 23.1 Å². The van der Waals surface area contributed by atoms with Gasteiger partial charge in [-0.15, -0.1) is 0 Å². The summed E-state index contributed by atoms with van der Waals surface area (Å²) in [6, 6.07) is 2.34. The SMILES string of the molecule is CC(=O)Nc1ccc(C(F)(F)F)cc1O. The first-order chi connectivity index (χ1) is 6.80. The first-order valence-corrected chi connectivity index (χ1v) is 3.98. The number of halogens is 3. The quantitative estimate of drug-likeness (QED) is 0.712. The first-order valence-electron chi connectivity index (χ1n) is 3.98. The predicted octanol–water partition coefficient (Wildman–Crippen LogP) is 2.37. The number of benzene rings is 1. The zero-order valence-electron chi connectivity index (χ0n) is 7.72. The fourth-order valence-corrected chi connectivity index (χ4v) is 1.00. The van der Waals surface area contributed by atoms with Crippen molar-refractivity contribution in [2.24, 2.45) is 0 Å². The van der Waals surface area contributed by atoms with Crippen molar-refractivity contribution in [1.82, 2.24) is 0 Å². The van der Waals surface area contributed by atoms with Gasteiger partial charge in [0, 0.05) is 6.92 Å². The fraction of sp³-hybridized carbons (Fsp3) is 0.222. The molecule has 0 saturated carbocycles. The van der Waals surface area contributed by atoms with Gasteiger partial charge in [0.15, 0.2) is 0 Å². The molecular formula is C9H8F3NO2. The minimum atomic E-state index is -4.51. The Morgan fingerprint density at radius 2 is 2.00 bits per heavy atom. The van der Waals surface area contributed by atoms with E-state index >= 15 is 0 Å². The third-order valence-electron chi connectivity index (χ3n) is 1.64. The highest BCUT2D eigenvalue weighted by Crippen LogP contribution is 2.34. The van der Waals surface area contributed by atoms with Gasteiger partial charge in [0.05, 0.1) is 11.3 Å². The number of rotatable bonds is 1. The number of aromatic hydroxyl groups is 1. The molecule has 0 radical (unpaired) electrons. The number of amides is 1. The molecule has 3 nitrogen and oxygen atoms in total. The van der Waals surface area contributed by atoms with Gasteiger partial charge < -0.3 is 10.4 Å². The summed E-state index contributed by atoms with van der Waals surface area (Å²) in [6.07, 6.45) is -4.51. The molecular weight excluding hydrogens is 211 g/mol. The molecule has 0 fully saturated rings. The van der Waals surface area contributed by atoms with Crippen LogP contribution in [0.1, 0.15) is 12.5 Å². The van der Waals surface area contributed by atoms with E-state index in [0.29, 0.717) is 6.07 Å². The molecule has 1 aromatic rings. The molecule has 0 spiro atoms. The van der Waals surface area contributed by atoms with Crippen molar-refractivity contribution in [2.75, 3.05) is 5.32 Å². The van der Waals surface area contributed by atoms with Gasteiger partial charge in [0.25, 0.3) is 0 Å². The van der Waals surface area contributed by atoms with E-state index in [1.54, 1.807) is 0 Å². The molecule has 0 aliphatic carbocycles. The highest BCUT2D eigenvalue weighted by atomic mass is 19.4. The second-order valence-corrected chi connectivity index (χ2v) is 2.91. The lowest BCUT2D eigenvalue weighted by Gasteiger charge is -2.09. The minimum Gasteiger partial charge on any atom is -0.506 e. The number of alkyl halides is 3. The first kappa shape index (κ1) is 11.4. The van der Waals surface area contributed by atoms with Gasteiger partial charge in [0.1, 0.15) is 5.75 Å². The van der Waals surface area contributed by atoms with Gasteiger partial charge in [-0.3, -0.25) is 4.79 Å². The van der Waals surface area contributed by atoms with Crippen molar-refractivity contribution >= 4 is 11.6 Å². The normalized spacial score (nSPS) is 11.2. The van der Waals surface area contributed by atoms with Crippen molar-refractivity contribution in [3.63, 3.8) is 0 Å². The van der Waals surface area contributed by atoms with Crippen molar-refractivity contribution in [2.45, 2.75) is 13.1 Å². The third-order valence-corrected chi connectivity index (χ3v) is 1.64. The second-order valence-electron chi connectivity index (χ2n) is 2.91. The number of hydrogen-bond donors (Lipinski definition) is 2. The average Bonchev–Trinajstić information content (AvgIpc) is 2.05. The van der Waals surface area contributed by atoms with Crippen molar-refractivity contribution in [1.29, 1.82) is 0 Å². The Labute approximate surface area is 83.5 Å². The molecule has 1 rings (SSSR count). The van der Waals surface area contributed by atoms with Crippen LogP contribution in [0.3, 0.4) is 0 Å². The van der Waals surface area contributed by atoms with Gasteiger partial charge >= 0.3 is 6.18 Å². The summed E-state index contributed by atoms with van der Waals surface area (Å²) in [5.41, 5.74) is -1.01. The summed E-state index contributed by atoms with van der Waals surface area (Å²) >= 11 is 0. The summed E-state index contributed by atoms with van der Waals surface area (Å²) in [7, 11) is 0. The van der Waals surface area contributed by atoms with E-state index in [4.69, 9.17) is 0 Å². The maximum Gasteiger partial charge on any atom is 0.416 e. The molecule has 0 atom stereocenters. The van der Waals surface area contributed by atoms with Crippen LogP contribution in [0, 0.1) is 0 Å². The molecule has 0 unspecified atom stereocenters. The highest BCUT2D eigenvalue weighted by molar-refractivity contribution is 5.90. The monoisotopic (exact) mass is 219 g/mol.